The van der Waals surface area contributed by atoms with E-state index in [1.807, 2.05) is 12.1 Å². The fourth-order valence-electron chi connectivity index (χ4n) is 1.38. The van der Waals surface area contributed by atoms with Crippen LogP contribution in [0, 0.1) is 0 Å². The van der Waals surface area contributed by atoms with Crippen LogP contribution in [-0.4, -0.2) is 16.7 Å². The molecule has 0 aliphatic heterocycles. The number of hydrogen-bond donors (Lipinski definition) is 1. The molecule has 0 radical (unpaired) electrons. The van der Waals surface area contributed by atoms with Gasteiger partial charge >= 0.3 is 0 Å². The molecule has 16 heavy (non-hydrogen) atoms. The molecular formula is C12H13NO2S. The van der Waals surface area contributed by atoms with Gasteiger partial charge in [0.1, 0.15) is 0 Å². The van der Waals surface area contributed by atoms with Crippen LogP contribution in [0.1, 0.15) is 10.4 Å². The molecular weight excluding hydrogens is 222 g/mol. The third kappa shape index (κ3) is 2.81. The Labute approximate surface area is 98.4 Å². The van der Waals surface area contributed by atoms with Gasteiger partial charge in [-0.25, -0.2) is 4.98 Å². The van der Waals surface area contributed by atoms with Gasteiger partial charge in [0.25, 0.3) is 0 Å². The van der Waals surface area contributed by atoms with Crippen molar-refractivity contribution in [2.45, 2.75) is 13.0 Å². The lowest BCUT2D eigenvalue weighted by molar-refractivity contribution is 0.259. The molecule has 0 saturated carbocycles. The van der Waals surface area contributed by atoms with Gasteiger partial charge < -0.3 is 9.84 Å². The Balaban J connectivity index is 1.89. The van der Waals surface area contributed by atoms with Crippen molar-refractivity contribution in [2.24, 2.45) is 0 Å². The minimum atomic E-state index is -0.0395. The minimum Gasteiger partial charge on any atom is -0.477 e. The number of hydrogen-bond acceptors (Lipinski definition) is 4. The van der Waals surface area contributed by atoms with Crippen LogP contribution in [0.15, 0.2) is 35.8 Å². The van der Waals surface area contributed by atoms with Gasteiger partial charge in [0.2, 0.25) is 5.88 Å². The highest BCUT2D eigenvalue weighted by atomic mass is 32.1. The zero-order valence-corrected chi connectivity index (χ0v) is 9.61. The van der Waals surface area contributed by atoms with Crippen LogP contribution < -0.4 is 4.74 Å². The second-order valence-electron chi connectivity index (χ2n) is 3.30. The van der Waals surface area contributed by atoms with E-state index >= 15 is 0 Å². The Morgan fingerprint density at radius 1 is 1.31 bits per heavy atom. The van der Waals surface area contributed by atoms with Crippen LogP contribution in [-0.2, 0) is 13.0 Å². The fourth-order valence-corrected chi connectivity index (χ4v) is 2.07. The van der Waals surface area contributed by atoms with E-state index in [1.165, 1.54) is 4.88 Å². The molecule has 2 aromatic heterocycles. The molecule has 0 unspecified atom stereocenters. The zero-order chi connectivity index (χ0) is 11.2. The Bertz CT molecular complexity index is 428. The van der Waals surface area contributed by atoms with Crippen LogP contribution in [0.5, 0.6) is 5.88 Å². The lowest BCUT2D eigenvalue weighted by Crippen LogP contribution is -2.04. The second-order valence-corrected chi connectivity index (χ2v) is 4.34. The number of thiophene rings is 1. The smallest absolute Gasteiger partial charge is 0.218 e. The molecule has 0 bridgehead atoms. The van der Waals surface area contributed by atoms with Gasteiger partial charge in [0.05, 0.1) is 13.2 Å². The first kappa shape index (κ1) is 11.1. The number of rotatable bonds is 5. The maximum absolute atomic E-state index is 9.08. The Hall–Kier alpha value is -1.39. The minimum absolute atomic E-state index is 0.0395. The summed E-state index contributed by atoms with van der Waals surface area (Å²) in [7, 11) is 0. The molecule has 3 nitrogen and oxygen atoms in total. The summed E-state index contributed by atoms with van der Waals surface area (Å²) in [5.74, 6) is 0.529. The van der Waals surface area contributed by atoms with Gasteiger partial charge in [0, 0.05) is 23.1 Å². The van der Waals surface area contributed by atoms with E-state index in [2.05, 4.69) is 16.4 Å². The van der Waals surface area contributed by atoms with E-state index in [4.69, 9.17) is 9.84 Å². The van der Waals surface area contributed by atoms with Crippen LogP contribution in [0.2, 0.25) is 0 Å². The molecule has 0 amide bonds. The van der Waals surface area contributed by atoms with Crippen LogP contribution >= 0.6 is 11.3 Å². The lowest BCUT2D eigenvalue weighted by Gasteiger charge is -2.07. The largest absolute Gasteiger partial charge is 0.477 e. The van der Waals surface area contributed by atoms with E-state index in [-0.39, 0.29) is 6.61 Å². The van der Waals surface area contributed by atoms with Crippen LogP contribution in [0.4, 0.5) is 0 Å². The normalized spacial score (nSPS) is 10.3. The summed E-state index contributed by atoms with van der Waals surface area (Å²) in [6.07, 6.45) is 2.54. The van der Waals surface area contributed by atoms with Crippen molar-refractivity contribution < 1.29 is 9.84 Å². The third-order valence-electron chi connectivity index (χ3n) is 2.19. The number of aliphatic hydroxyl groups is 1. The summed E-state index contributed by atoms with van der Waals surface area (Å²) >= 11 is 1.72. The van der Waals surface area contributed by atoms with Crippen molar-refractivity contribution in [3.05, 3.63) is 46.3 Å². The Kier molecular flexibility index (Phi) is 3.91. The summed E-state index contributed by atoms with van der Waals surface area (Å²) < 4.78 is 5.54. The predicted molar refractivity (Wildman–Crippen MR) is 63.7 cm³/mol. The second kappa shape index (κ2) is 5.63. The molecule has 0 aliphatic carbocycles. The van der Waals surface area contributed by atoms with Crippen molar-refractivity contribution >= 4 is 11.3 Å². The van der Waals surface area contributed by atoms with Gasteiger partial charge in [-0.05, 0) is 23.6 Å². The molecule has 0 fully saturated rings. The molecule has 2 aromatic rings. The molecule has 0 aliphatic rings. The van der Waals surface area contributed by atoms with Gasteiger partial charge in [-0.1, -0.05) is 6.07 Å². The fraction of sp³-hybridized carbons (Fsp3) is 0.250. The summed E-state index contributed by atoms with van der Waals surface area (Å²) in [6, 6.07) is 7.71. The summed E-state index contributed by atoms with van der Waals surface area (Å²) in [4.78, 5) is 5.38. The van der Waals surface area contributed by atoms with Crippen molar-refractivity contribution in [1.82, 2.24) is 4.98 Å². The van der Waals surface area contributed by atoms with Gasteiger partial charge in [0.15, 0.2) is 0 Å². The first-order valence-electron chi connectivity index (χ1n) is 5.10. The van der Waals surface area contributed by atoms with Crippen molar-refractivity contribution in [2.75, 3.05) is 6.61 Å². The molecule has 4 heteroatoms. The van der Waals surface area contributed by atoms with Crippen molar-refractivity contribution in [3.63, 3.8) is 0 Å². The standard InChI is InChI=1S/C12H13NO2S/c14-9-10-3-1-6-13-12(10)15-7-5-11-4-2-8-16-11/h1-4,6,8,14H,5,7,9H2. The average Bonchev–Trinajstić information content (AvgIpc) is 2.83. The monoisotopic (exact) mass is 235 g/mol. The van der Waals surface area contributed by atoms with Crippen molar-refractivity contribution in [3.8, 4) is 5.88 Å². The molecule has 1 N–H and O–H groups in total. The molecule has 0 saturated heterocycles. The molecule has 84 valence electrons. The summed E-state index contributed by atoms with van der Waals surface area (Å²) in [5, 5.41) is 11.1. The lowest BCUT2D eigenvalue weighted by atomic mass is 10.3. The van der Waals surface area contributed by atoms with E-state index in [9.17, 15) is 0 Å². The highest BCUT2D eigenvalue weighted by molar-refractivity contribution is 7.09. The first-order valence-corrected chi connectivity index (χ1v) is 5.98. The number of aromatic nitrogens is 1. The maximum Gasteiger partial charge on any atom is 0.218 e. The zero-order valence-electron chi connectivity index (χ0n) is 8.80. The maximum atomic E-state index is 9.08. The topological polar surface area (TPSA) is 42.4 Å². The summed E-state index contributed by atoms with van der Waals surface area (Å²) in [5.41, 5.74) is 0.730. The highest BCUT2D eigenvalue weighted by Crippen LogP contribution is 2.15. The molecule has 2 rings (SSSR count). The average molecular weight is 235 g/mol. The quantitative estimate of drug-likeness (QED) is 0.864. The molecule has 0 spiro atoms. The Morgan fingerprint density at radius 3 is 3.00 bits per heavy atom. The number of aliphatic hydroxyl groups excluding tert-OH is 1. The van der Waals surface area contributed by atoms with E-state index in [0.29, 0.717) is 12.5 Å². The van der Waals surface area contributed by atoms with E-state index in [0.717, 1.165) is 12.0 Å². The molecule has 0 aromatic carbocycles. The predicted octanol–water partition coefficient (Wildman–Crippen LogP) is 2.26. The first-order chi connectivity index (χ1) is 7.90. The third-order valence-corrected chi connectivity index (χ3v) is 3.12. The highest BCUT2D eigenvalue weighted by Gasteiger charge is 2.03. The number of nitrogens with zero attached hydrogens (tertiary/aromatic N) is 1. The van der Waals surface area contributed by atoms with Gasteiger partial charge in [-0.15, -0.1) is 11.3 Å². The Morgan fingerprint density at radius 2 is 2.25 bits per heavy atom. The molecule has 2 heterocycles. The number of ether oxygens (including phenoxy) is 1. The van der Waals surface area contributed by atoms with E-state index < -0.39 is 0 Å². The van der Waals surface area contributed by atoms with Gasteiger partial charge in [-0.2, -0.15) is 0 Å². The SMILES string of the molecule is OCc1cccnc1OCCc1cccs1. The number of pyridine rings is 1. The van der Waals surface area contributed by atoms with Crippen LogP contribution in [0.25, 0.3) is 0 Å². The summed E-state index contributed by atoms with van der Waals surface area (Å²) in [6.45, 7) is 0.548. The van der Waals surface area contributed by atoms with Crippen molar-refractivity contribution in [1.29, 1.82) is 0 Å². The van der Waals surface area contributed by atoms with E-state index in [1.54, 1.807) is 23.6 Å². The van der Waals surface area contributed by atoms with Gasteiger partial charge in [-0.3, -0.25) is 0 Å². The van der Waals surface area contributed by atoms with Crippen LogP contribution in [0.3, 0.4) is 0 Å². The molecule has 0 atom stereocenters.